The summed E-state index contributed by atoms with van der Waals surface area (Å²) >= 11 is 0. The molecular weight excluding hydrogens is 589 g/mol. The van der Waals surface area contributed by atoms with Gasteiger partial charge in [-0.2, -0.15) is 4.39 Å². The van der Waals surface area contributed by atoms with E-state index in [1.165, 1.54) is 63.9 Å². The number of hydrogen-bond donors (Lipinski definition) is 0. The molecule has 0 N–H and O–H groups in total. The number of rotatable bonds is 15. The highest BCUT2D eigenvalue weighted by molar-refractivity contribution is 5.74. The van der Waals surface area contributed by atoms with Crippen LogP contribution in [-0.4, -0.2) is 6.61 Å². The summed E-state index contributed by atoms with van der Waals surface area (Å²) in [5, 5.41) is 0. The molecule has 0 heterocycles. The van der Waals surface area contributed by atoms with Gasteiger partial charge in [-0.25, -0.2) is 8.78 Å². The second-order valence-corrected chi connectivity index (χ2v) is 13.8. The summed E-state index contributed by atoms with van der Waals surface area (Å²) in [5.41, 5.74) is 4.17. The van der Waals surface area contributed by atoms with Crippen molar-refractivity contribution in [1.82, 2.24) is 0 Å². The predicted octanol–water partition coefficient (Wildman–Crippen LogP) is 13.5. The maximum absolute atomic E-state index is 15.5. The van der Waals surface area contributed by atoms with Gasteiger partial charge in [0.05, 0.1) is 6.61 Å². The molecule has 47 heavy (non-hydrogen) atoms. The molecule has 252 valence electrons. The highest BCUT2D eigenvalue weighted by Crippen LogP contribution is 2.43. The topological polar surface area (TPSA) is 9.23 Å². The van der Waals surface area contributed by atoms with Gasteiger partial charge in [0.1, 0.15) is 5.82 Å². The lowest BCUT2D eigenvalue weighted by Gasteiger charge is -2.35. The Balaban J connectivity index is 1.15. The van der Waals surface area contributed by atoms with Gasteiger partial charge in [-0.15, -0.1) is 0 Å². The molecule has 3 aromatic rings. The van der Waals surface area contributed by atoms with Crippen LogP contribution in [0.25, 0.3) is 27.8 Å². The monoisotopic (exact) mass is 642 g/mol. The zero-order valence-electron chi connectivity index (χ0n) is 28.5. The predicted molar refractivity (Wildman–Crippen MR) is 191 cm³/mol. The Morgan fingerprint density at radius 1 is 0.723 bits per heavy atom. The van der Waals surface area contributed by atoms with Crippen LogP contribution in [0, 0.1) is 35.2 Å². The van der Waals surface area contributed by atoms with Crippen LogP contribution in [0.3, 0.4) is 0 Å². The van der Waals surface area contributed by atoms with E-state index in [1.54, 1.807) is 24.3 Å². The molecule has 0 saturated heterocycles. The van der Waals surface area contributed by atoms with Gasteiger partial charge in [-0.1, -0.05) is 106 Å². The van der Waals surface area contributed by atoms with E-state index in [0.29, 0.717) is 17.7 Å². The van der Waals surface area contributed by atoms with E-state index in [4.69, 9.17) is 4.74 Å². The van der Waals surface area contributed by atoms with Crippen LogP contribution in [0.2, 0.25) is 0 Å². The summed E-state index contributed by atoms with van der Waals surface area (Å²) in [6, 6.07) is 15.7. The third-order valence-electron chi connectivity index (χ3n) is 10.6. The van der Waals surface area contributed by atoms with E-state index in [-0.39, 0.29) is 17.1 Å². The van der Waals surface area contributed by atoms with Crippen molar-refractivity contribution in [2.75, 3.05) is 6.61 Å². The van der Waals surface area contributed by atoms with Crippen LogP contribution in [0.15, 0.2) is 72.8 Å². The lowest BCUT2D eigenvalue weighted by molar-refractivity contribution is 0.190. The summed E-state index contributed by atoms with van der Waals surface area (Å²) < 4.78 is 50.9. The van der Waals surface area contributed by atoms with Crippen molar-refractivity contribution in [3.8, 4) is 28.0 Å². The molecule has 3 aromatic carbocycles. The lowest BCUT2D eigenvalue weighted by atomic mass is 9.70. The molecule has 1 atom stereocenters. The number of hydrogen-bond acceptors (Lipinski definition) is 1. The molecule has 4 heteroatoms. The summed E-state index contributed by atoms with van der Waals surface area (Å²) in [5.74, 6) is 0.300. The average molecular weight is 643 g/mol. The third-order valence-corrected chi connectivity index (χ3v) is 10.6. The smallest absolute Gasteiger partial charge is 0.201 e. The Hall–Kier alpha value is -3.27. The molecule has 0 amide bonds. The number of unbranched alkanes of at least 4 members (excludes halogenated alkanes) is 5. The van der Waals surface area contributed by atoms with Crippen LogP contribution in [0.1, 0.15) is 116 Å². The summed E-state index contributed by atoms with van der Waals surface area (Å²) in [4.78, 5) is 0. The van der Waals surface area contributed by atoms with Gasteiger partial charge in [-0.3, -0.25) is 0 Å². The molecule has 0 aromatic heterocycles. The molecule has 2 aliphatic rings. The van der Waals surface area contributed by atoms with E-state index in [9.17, 15) is 4.39 Å². The molecule has 2 aliphatic carbocycles. The fourth-order valence-corrected chi connectivity index (χ4v) is 7.70. The standard InChI is InChI=1S/C43H53F3O/c1-3-5-7-8-9-11-29-47-41-28-27-39(42(45)43(41)46)36-23-19-34(20-24-36)37-25-26-38(40(44)30-37)35-21-17-33(18-22-35)32-15-13-31(14-16-32)12-10-6-4-2/h4,6,19-21,23-28,30-33H,3,5,7-18,22,29H2,1-2H3. The van der Waals surface area contributed by atoms with Crippen molar-refractivity contribution in [2.45, 2.75) is 110 Å². The number of benzene rings is 3. The van der Waals surface area contributed by atoms with E-state index in [1.807, 2.05) is 24.3 Å². The molecule has 0 radical (unpaired) electrons. The lowest BCUT2D eigenvalue weighted by Crippen LogP contribution is -2.23. The Morgan fingerprint density at radius 2 is 1.43 bits per heavy atom. The Labute approximate surface area is 281 Å². The second-order valence-electron chi connectivity index (χ2n) is 13.8. The van der Waals surface area contributed by atoms with Gasteiger partial charge < -0.3 is 4.74 Å². The Morgan fingerprint density at radius 3 is 2.13 bits per heavy atom. The molecule has 0 bridgehead atoms. The number of halogens is 3. The SMILES string of the molecule is CC=CCCC1CCC(C2CC=C(c3ccc(-c4ccc(-c5ccc(OCCCCCCCC)c(F)c5F)cc4)cc3F)CC2)CC1. The zero-order chi connectivity index (χ0) is 33.0. The third kappa shape index (κ3) is 9.42. The maximum atomic E-state index is 15.5. The normalized spacial score (nSPS) is 20.0. The molecule has 1 nitrogen and oxygen atoms in total. The first-order valence-corrected chi connectivity index (χ1v) is 18.3. The van der Waals surface area contributed by atoms with Crippen LogP contribution in [0.4, 0.5) is 13.2 Å². The molecule has 5 rings (SSSR count). The van der Waals surface area contributed by atoms with E-state index in [2.05, 4.69) is 32.1 Å². The largest absolute Gasteiger partial charge is 0.490 e. The van der Waals surface area contributed by atoms with Crippen LogP contribution in [0.5, 0.6) is 5.75 Å². The van der Waals surface area contributed by atoms with Crippen LogP contribution in [-0.2, 0) is 0 Å². The minimum absolute atomic E-state index is 0.0473. The minimum atomic E-state index is -0.957. The fraction of sp³-hybridized carbons (Fsp3) is 0.488. The molecule has 1 unspecified atom stereocenters. The average Bonchev–Trinajstić information content (AvgIpc) is 3.10. The Kier molecular flexibility index (Phi) is 13.2. The molecule has 0 aliphatic heterocycles. The van der Waals surface area contributed by atoms with Gasteiger partial charge in [-0.05, 0) is 117 Å². The van der Waals surface area contributed by atoms with Gasteiger partial charge in [0.15, 0.2) is 11.6 Å². The van der Waals surface area contributed by atoms with Crippen molar-refractivity contribution >= 4 is 5.57 Å². The van der Waals surface area contributed by atoms with Crippen molar-refractivity contribution in [2.24, 2.45) is 17.8 Å². The fourth-order valence-electron chi connectivity index (χ4n) is 7.70. The number of ether oxygens (including phenoxy) is 1. The summed E-state index contributed by atoms with van der Waals surface area (Å²) in [7, 11) is 0. The molecule has 1 fully saturated rings. The second kappa shape index (κ2) is 17.8. The van der Waals surface area contributed by atoms with Gasteiger partial charge in [0, 0.05) is 11.1 Å². The summed E-state index contributed by atoms with van der Waals surface area (Å²) in [6.07, 6.45) is 24.4. The molecular formula is C43H53F3O. The quantitative estimate of drug-likeness (QED) is 0.118. The minimum Gasteiger partial charge on any atom is -0.490 e. The van der Waals surface area contributed by atoms with E-state index < -0.39 is 11.6 Å². The molecule has 1 saturated carbocycles. The first-order valence-electron chi connectivity index (χ1n) is 18.3. The maximum Gasteiger partial charge on any atom is 0.201 e. The van der Waals surface area contributed by atoms with Gasteiger partial charge >= 0.3 is 0 Å². The van der Waals surface area contributed by atoms with Crippen molar-refractivity contribution < 1.29 is 17.9 Å². The highest BCUT2D eigenvalue weighted by atomic mass is 19.2. The van der Waals surface area contributed by atoms with Crippen molar-refractivity contribution in [3.05, 3.63) is 95.8 Å². The first-order chi connectivity index (χ1) is 23.0. The summed E-state index contributed by atoms with van der Waals surface area (Å²) in [6.45, 7) is 4.66. The molecule has 0 spiro atoms. The van der Waals surface area contributed by atoms with E-state index >= 15 is 8.78 Å². The zero-order valence-corrected chi connectivity index (χ0v) is 28.5. The number of allylic oxidation sites excluding steroid dienone is 4. The van der Waals surface area contributed by atoms with Crippen molar-refractivity contribution in [3.63, 3.8) is 0 Å². The first kappa shape index (κ1) is 35.0. The Bertz CT molecular complexity index is 1480. The van der Waals surface area contributed by atoms with Gasteiger partial charge in [0.2, 0.25) is 5.82 Å². The van der Waals surface area contributed by atoms with E-state index in [0.717, 1.165) is 73.0 Å². The van der Waals surface area contributed by atoms with Crippen LogP contribution < -0.4 is 4.74 Å². The van der Waals surface area contributed by atoms with Gasteiger partial charge in [0.25, 0.3) is 0 Å². The van der Waals surface area contributed by atoms with Crippen molar-refractivity contribution in [1.29, 1.82) is 0 Å². The van der Waals surface area contributed by atoms with Crippen LogP contribution >= 0.6 is 0 Å². The highest BCUT2D eigenvalue weighted by Gasteiger charge is 2.29.